The average Bonchev–Trinajstić information content (AvgIpc) is 2.70. The van der Waals surface area contributed by atoms with E-state index in [0.717, 1.165) is 63.2 Å². The fourth-order valence-corrected chi connectivity index (χ4v) is 3.98. The van der Waals surface area contributed by atoms with Crippen LogP contribution in [0.25, 0.3) is 0 Å². The minimum atomic E-state index is -0.250. The molecule has 0 radical (unpaired) electrons. The van der Waals surface area contributed by atoms with Crippen LogP contribution < -0.4 is 4.90 Å². The summed E-state index contributed by atoms with van der Waals surface area (Å²) in [6.07, 6.45) is 2.50. The highest BCUT2D eigenvalue weighted by atomic mass is 16.3. The van der Waals surface area contributed by atoms with E-state index < -0.39 is 0 Å². The van der Waals surface area contributed by atoms with E-state index in [2.05, 4.69) is 45.7 Å². The summed E-state index contributed by atoms with van der Waals surface area (Å²) in [6.45, 7) is 11.6. The number of β-amino-alcohol motifs (C(OH)–C–C–N with tert-alkyl or cyclic N) is 1. The number of hydrogen-bond acceptors (Lipinski definition) is 7. The molecule has 9 nitrogen and oxygen atoms in total. The predicted octanol–water partition coefficient (Wildman–Crippen LogP) is 0.679. The van der Waals surface area contributed by atoms with Crippen molar-refractivity contribution in [3.05, 3.63) is 23.5 Å². The van der Waals surface area contributed by atoms with Gasteiger partial charge < -0.3 is 20.2 Å². The number of rotatable bonds is 4. The summed E-state index contributed by atoms with van der Waals surface area (Å²) in [7, 11) is 0. The Morgan fingerprint density at radius 2 is 1.45 bits per heavy atom. The minimum absolute atomic E-state index is 0.250. The van der Waals surface area contributed by atoms with Gasteiger partial charge in [0, 0.05) is 68.9 Å². The van der Waals surface area contributed by atoms with Crippen LogP contribution in [0.3, 0.4) is 0 Å². The first-order valence-electron chi connectivity index (χ1n) is 9.92. The zero-order chi connectivity index (χ0) is 21.6. The van der Waals surface area contributed by atoms with Gasteiger partial charge >= 0.3 is 0 Å². The summed E-state index contributed by atoms with van der Waals surface area (Å²) in [4.78, 5) is 28.7. The molecule has 0 bridgehead atoms. The molecule has 0 spiro atoms. The first-order valence-corrected chi connectivity index (χ1v) is 9.92. The van der Waals surface area contributed by atoms with Crippen LogP contribution >= 0.6 is 0 Å². The van der Waals surface area contributed by atoms with Gasteiger partial charge in [0.05, 0.1) is 6.61 Å². The summed E-state index contributed by atoms with van der Waals surface area (Å²) in [5.74, 6) is 0. The zero-order valence-corrected chi connectivity index (χ0v) is 17.4. The van der Waals surface area contributed by atoms with Crippen molar-refractivity contribution < 1.29 is 24.9 Å². The summed E-state index contributed by atoms with van der Waals surface area (Å²) < 4.78 is 0. The van der Waals surface area contributed by atoms with E-state index in [0.29, 0.717) is 0 Å². The maximum atomic E-state index is 9.04. The van der Waals surface area contributed by atoms with Gasteiger partial charge in [-0.3, -0.25) is 24.4 Å². The number of piperidine rings is 1. The number of aromatic nitrogens is 1. The molecule has 9 heteroatoms. The predicted molar refractivity (Wildman–Crippen MR) is 111 cm³/mol. The molecule has 3 rings (SSSR count). The van der Waals surface area contributed by atoms with E-state index in [9.17, 15) is 0 Å². The van der Waals surface area contributed by atoms with Crippen LogP contribution in [-0.4, -0.2) is 102 Å². The number of hydrogen-bond donors (Lipinski definition) is 3. The largest absolute Gasteiger partial charge is 0.483 e. The zero-order valence-electron chi connectivity index (χ0n) is 17.4. The molecular formula is C20H34N4O5. The minimum Gasteiger partial charge on any atom is -0.483 e. The van der Waals surface area contributed by atoms with Crippen molar-refractivity contribution >= 4 is 18.6 Å². The second kappa shape index (κ2) is 13.9. The lowest BCUT2D eigenvalue weighted by Gasteiger charge is -2.43. The number of carbonyl (C=O) groups is 2. The van der Waals surface area contributed by atoms with Gasteiger partial charge in [-0.15, -0.1) is 0 Å². The fourth-order valence-electron chi connectivity index (χ4n) is 3.98. The van der Waals surface area contributed by atoms with Crippen molar-refractivity contribution in [3.63, 3.8) is 0 Å². The maximum absolute atomic E-state index is 9.04. The van der Waals surface area contributed by atoms with Crippen LogP contribution in [0, 0.1) is 13.8 Å². The monoisotopic (exact) mass is 410 g/mol. The number of piperazine rings is 1. The first-order chi connectivity index (χ1) is 14.0. The second-order valence-corrected chi connectivity index (χ2v) is 7.14. The highest BCUT2D eigenvalue weighted by molar-refractivity contribution is 5.48. The Morgan fingerprint density at radius 3 is 1.90 bits per heavy atom. The van der Waals surface area contributed by atoms with Gasteiger partial charge in [-0.25, -0.2) is 0 Å². The number of pyridine rings is 1. The summed E-state index contributed by atoms with van der Waals surface area (Å²) >= 11 is 0. The molecule has 0 saturated carbocycles. The van der Waals surface area contributed by atoms with Crippen LogP contribution in [0.15, 0.2) is 12.1 Å². The maximum Gasteiger partial charge on any atom is 0.290 e. The second-order valence-electron chi connectivity index (χ2n) is 7.14. The number of carboxylic acid groups (broad SMARTS) is 2. The third-order valence-electron chi connectivity index (χ3n) is 5.24. The van der Waals surface area contributed by atoms with E-state index in [1.807, 2.05) is 0 Å². The van der Waals surface area contributed by atoms with Crippen molar-refractivity contribution in [3.8, 4) is 0 Å². The third kappa shape index (κ3) is 8.76. The van der Waals surface area contributed by atoms with Crippen molar-refractivity contribution in [2.75, 3.05) is 57.3 Å². The molecular weight excluding hydrogens is 376 g/mol. The van der Waals surface area contributed by atoms with Crippen LogP contribution in [0.5, 0.6) is 0 Å². The summed E-state index contributed by atoms with van der Waals surface area (Å²) in [5, 5.41) is 22.8. The molecule has 1 aromatic rings. The molecule has 3 heterocycles. The van der Waals surface area contributed by atoms with E-state index in [1.54, 1.807) is 0 Å². The van der Waals surface area contributed by atoms with Gasteiger partial charge in [-0.2, -0.15) is 0 Å². The van der Waals surface area contributed by atoms with Crippen LogP contribution in [0.4, 0.5) is 5.69 Å². The lowest BCUT2D eigenvalue weighted by Crippen LogP contribution is -2.53. The van der Waals surface area contributed by atoms with Crippen molar-refractivity contribution in [2.45, 2.75) is 32.7 Å². The number of aryl methyl sites for hydroxylation is 2. The number of aliphatic hydroxyl groups excluding tert-OH is 1. The molecule has 0 aromatic carbocycles. The quantitative estimate of drug-likeness (QED) is 0.616. The molecule has 2 aliphatic heterocycles. The summed E-state index contributed by atoms with van der Waals surface area (Å²) in [6, 6.07) is 5.15. The van der Waals surface area contributed by atoms with Crippen LogP contribution in [0.1, 0.15) is 24.2 Å². The molecule has 0 unspecified atom stereocenters. The molecule has 29 heavy (non-hydrogen) atoms. The van der Waals surface area contributed by atoms with E-state index in [-0.39, 0.29) is 19.6 Å². The average molecular weight is 411 g/mol. The van der Waals surface area contributed by atoms with Gasteiger partial charge in [0.15, 0.2) is 0 Å². The Labute approximate surface area is 172 Å². The molecule has 2 aliphatic rings. The van der Waals surface area contributed by atoms with E-state index in [1.165, 1.54) is 18.5 Å². The fraction of sp³-hybridized carbons (Fsp3) is 0.650. The number of anilines is 1. The Hall–Kier alpha value is -2.23. The lowest BCUT2D eigenvalue weighted by molar-refractivity contribution is -0.123. The third-order valence-corrected chi connectivity index (χ3v) is 5.24. The number of nitrogens with zero attached hydrogens (tertiary/aromatic N) is 4. The highest BCUT2D eigenvalue weighted by Crippen LogP contribution is 2.24. The van der Waals surface area contributed by atoms with Crippen LogP contribution in [0.2, 0.25) is 0 Å². The van der Waals surface area contributed by atoms with Gasteiger partial charge in [-0.05, 0) is 38.8 Å². The molecule has 3 N–H and O–H groups in total. The molecule has 1 aromatic heterocycles. The van der Waals surface area contributed by atoms with Crippen molar-refractivity contribution in [2.24, 2.45) is 0 Å². The SMILES string of the molecule is Cc1cc(N2CCC(N3CCN(CCO)CC3)CC2)cc(C)n1.O=CO.O=CO. The normalized spacial score (nSPS) is 18.1. The van der Waals surface area contributed by atoms with Gasteiger partial charge in [-0.1, -0.05) is 0 Å². The molecule has 164 valence electrons. The van der Waals surface area contributed by atoms with E-state index in [4.69, 9.17) is 24.9 Å². The molecule has 0 aliphatic carbocycles. The van der Waals surface area contributed by atoms with Crippen molar-refractivity contribution in [1.82, 2.24) is 14.8 Å². The number of aliphatic hydroxyl groups is 1. The molecule has 2 fully saturated rings. The lowest BCUT2D eigenvalue weighted by atomic mass is 10.0. The Balaban J connectivity index is 0.000000626. The van der Waals surface area contributed by atoms with E-state index >= 15 is 0 Å². The molecule has 0 atom stereocenters. The van der Waals surface area contributed by atoms with Gasteiger partial charge in [0.1, 0.15) is 0 Å². The Morgan fingerprint density at radius 1 is 0.966 bits per heavy atom. The van der Waals surface area contributed by atoms with Crippen molar-refractivity contribution in [1.29, 1.82) is 0 Å². The summed E-state index contributed by atoms with van der Waals surface area (Å²) in [5.41, 5.74) is 3.56. The smallest absolute Gasteiger partial charge is 0.290 e. The van der Waals surface area contributed by atoms with Gasteiger partial charge in [0.2, 0.25) is 0 Å². The van der Waals surface area contributed by atoms with Crippen LogP contribution in [-0.2, 0) is 9.59 Å². The Bertz CT molecular complexity index is 574. The standard InChI is InChI=1S/C18H30N4O.2CH2O2/c1-15-13-18(14-16(2)19-15)21-5-3-17(4-6-21)22-9-7-20(8-10-22)11-12-23;2*2-1-3/h13-14,17,23H,3-12H2,1-2H3;2*1H,(H,2,3). The van der Waals surface area contributed by atoms with Gasteiger partial charge in [0.25, 0.3) is 12.9 Å². The molecule has 0 amide bonds. The highest BCUT2D eigenvalue weighted by Gasteiger charge is 2.27. The molecule has 2 saturated heterocycles. The Kier molecular flexibility index (Phi) is 11.9. The first kappa shape index (κ1) is 24.8. The topological polar surface area (TPSA) is 117 Å².